The zero-order chi connectivity index (χ0) is 17.2. The Labute approximate surface area is 143 Å². The van der Waals surface area contributed by atoms with Crippen molar-refractivity contribution in [2.24, 2.45) is 0 Å². The third-order valence-electron chi connectivity index (χ3n) is 4.18. The van der Waals surface area contributed by atoms with Crippen LogP contribution in [-0.2, 0) is 20.9 Å². The Morgan fingerprint density at radius 2 is 2.08 bits per heavy atom. The summed E-state index contributed by atoms with van der Waals surface area (Å²) in [7, 11) is 0. The number of amides is 1. The Bertz CT molecular complexity index is 522. The minimum atomic E-state index is -0.510. The summed E-state index contributed by atoms with van der Waals surface area (Å²) >= 11 is 0. The minimum Gasteiger partial charge on any atom is -0.464 e. The highest BCUT2D eigenvalue weighted by atomic mass is 16.5. The van der Waals surface area contributed by atoms with Crippen LogP contribution in [0.3, 0.4) is 0 Å². The molecule has 24 heavy (non-hydrogen) atoms. The second-order valence-corrected chi connectivity index (χ2v) is 6.10. The van der Waals surface area contributed by atoms with Crippen LogP contribution < -0.4 is 5.32 Å². The normalized spacial score (nSPS) is 20.7. The number of nitrogens with one attached hydrogen (secondary N) is 1. The van der Waals surface area contributed by atoms with Gasteiger partial charge in [-0.05, 0) is 44.0 Å². The molecule has 1 aliphatic rings. The number of pyridine rings is 1. The number of aromatic nitrogens is 1. The van der Waals surface area contributed by atoms with Gasteiger partial charge in [0, 0.05) is 31.9 Å². The van der Waals surface area contributed by atoms with E-state index in [0.717, 1.165) is 32.4 Å². The highest BCUT2D eigenvalue weighted by Gasteiger charge is 2.22. The monoisotopic (exact) mass is 333 g/mol. The van der Waals surface area contributed by atoms with Gasteiger partial charge in [0.15, 0.2) is 0 Å². The summed E-state index contributed by atoms with van der Waals surface area (Å²) in [6.07, 6.45) is 7.63. The third kappa shape index (κ3) is 6.28. The minimum absolute atomic E-state index is 0.0883. The van der Waals surface area contributed by atoms with Crippen molar-refractivity contribution in [1.82, 2.24) is 15.2 Å². The van der Waals surface area contributed by atoms with Crippen molar-refractivity contribution in [2.45, 2.75) is 51.6 Å². The number of rotatable bonds is 4. The molecule has 6 nitrogen and oxygen atoms in total. The average molecular weight is 333 g/mol. The summed E-state index contributed by atoms with van der Waals surface area (Å²) in [5.41, 5.74) is 1.20. The maximum absolute atomic E-state index is 12.2. The summed E-state index contributed by atoms with van der Waals surface area (Å²) < 4.78 is 5.06. The van der Waals surface area contributed by atoms with Crippen LogP contribution in [0.4, 0.5) is 0 Å². The molecule has 1 N–H and O–H groups in total. The molecule has 2 rings (SSSR count). The first kappa shape index (κ1) is 18.4. The molecule has 0 aliphatic carbocycles. The first-order valence-electron chi connectivity index (χ1n) is 8.76. The molecule has 0 radical (unpaired) electrons. The van der Waals surface area contributed by atoms with Gasteiger partial charge in [0.25, 0.3) is 0 Å². The van der Waals surface area contributed by atoms with Gasteiger partial charge < -0.3 is 10.1 Å². The molecular formula is C18H27N3O3. The number of hydrogen-bond donors (Lipinski definition) is 1. The lowest BCUT2D eigenvalue weighted by molar-refractivity contribution is -0.147. The number of esters is 1. The van der Waals surface area contributed by atoms with Crippen LogP contribution in [-0.4, -0.2) is 47.5 Å². The molecule has 1 unspecified atom stereocenters. The molecule has 1 amide bonds. The summed E-state index contributed by atoms with van der Waals surface area (Å²) in [5, 5.41) is 2.83. The predicted molar refractivity (Wildman–Crippen MR) is 91.2 cm³/mol. The number of nitrogens with zero attached hydrogens (tertiary/aromatic N) is 2. The Morgan fingerprint density at radius 3 is 2.83 bits per heavy atom. The number of ether oxygens (including phenoxy) is 1. The second kappa shape index (κ2) is 10.0. The van der Waals surface area contributed by atoms with Crippen LogP contribution in [0.15, 0.2) is 24.5 Å². The maximum Gasteiger partial charge on any atom is 0.328 e. The van der Waals surface area contributed by atoms with E-state index in [1.165, 1.54) is 5.56 Å². The van der Waals surface area contributed by atoms with Crippen LogP contribution in [0.2, 0.25) is 0 Å². The highest BCUT2D eigenvalue weighted by molar-refractivity contribution is 5.84. The zero-order valence-electron chi connectivity index (χ0n) is 14.4. The van der Waals surface area contributed by atoms with Crippen LogP contribution in [0.25, 0.3) is 0 Å². The lowest BCUT2D eigenvalue weighted by Crippen LogP contribution is -2.42. The first-order chi connectivity index (χ1) is 11.7. The van der Waals surface area contributed by atoms with E-state index in [-0.39, 0.29) is 11.9 Å². The van der Waals surface area contributed by atoms with E-state index in [9.17, 15) is 9.59 Å². The lowest BCUT2D eigenvalue weighted by atomic mass is 10.1. The van der Waals surface area contributed by atoms with Gasteiger partial charge >= 0.3 is 5.97 Å². The smallest absolute Gasteiger partial charge is 0.328 e. The quantitative estimate of drug-likeness (QED) is 0.852. The third-order valence-corrected chi connectivity index (χ3v) is 4.18. The average Bonchev–Trinajstić information content (AvgIpc) is 2.62. The van der Waals surface area contributed by atoms with Gasteiger partial charge in [-0.15, -0.1) is 0 Å². The molecule has 1 saturated heterocycles. The van der Waals surface area contributed by atoms with E-state index in [2.05, 4.69) is 15.2 Å². The number of carbonyl (C=O) groups excluding carboxylic acids is 2. The van der Waals surface area contributed by atoms with Crippen molar-refractivity contribution in [3.05, 3.63) is 30.1 Å². The Balaban J connectivity index is 1.93. The van der Waals surface area contributed by atoms with Crippen LogP contribution in [0.5, 0.6) is 0 Å². The van der Waals surface area contributed by atoms with Crippen molar-refractivity contribution < 1.29 is 14.3 Å². The molecule has 1 fully saturated rings. The van der Waals surface area contributed by atoms with Gasteiger partial charge in [-0.1, -0.05) is 12.8 Å². The van der Waals surface area contributed by atoms with Crippen LogP contribution in [0, 0.1) is 0 Å². The molecule has 0 bridgehead atoms. The van der Waals surface area contributed by atoms with Gasteiger partial charge in [0.2, 0.25) is 5.91 Å². The Morgan fingerprint density at radius 1 is 1.29 bits per heavy atom. The molecule has 2 heterocycles. The fraction of sp³-hybridized carbons (Fsp3) is 0.611. The van der Waals surface area contributed by atoms with Crippen molar-refractivity contribution in [1.29, 1.82) is 0 Å². The van der Waals surface area contributed by atoms with Crippen molar-refractivity contribution in [2.75, 3.05) is 19.7 Å². The standard InChI is InChI=1S/C18H27N3O3/c1-2-24-18(23)16-6-4-3-5-12-21(13-9-17(22)20-16)14-15-7-10-19-11-8-15/h7-8,10-11,16H,2-6,9,12-14H2,1H3,(H,20,22). The van der Waals surface area contributed by atoms with Crippen LogP contribution >= 0.6 is 0 Å². The van der Waals surface area contributed by atoms with Crippen molar-refractivity contribution in [3.63, 3.8) is 0 Å². The molecule has 1 aromatic rings. The van der Waals surface area contributed by atoms with E-state index >= 15 is 0 Å². The Kier molecular flexibility index (Phi) is 7.68. The molecular weight excluding hydrogens is 306 g/mol. The Hall–Kier alpha value is -1.95. The summed E-state index contributed by atoms with van der Waals surface area (Å²) in [5.74, 6) is -0.409. The van der Waals surface area contributed by atoms with Crippen molar-refractivity contribution in [3.8, 4) is 0 Å². The molecule has 0 saturated carbocycles. The van der Waals surface area contributed by atoms with E-state index < -0.39 is 6.04 Å². The first-order valence-corrected chi connectivity index (χ1v) is 8.76. The highest BCUT2D eigenvalue weighted by Crippen LogP contribution is 2.11. The van der Waals surface area contributed by atoms with Gasteiger partial charge in [0.05, 0.1) is 6.61 Å². The summed E-state index contributed by atoms with van der Waals surface area (Å²) in [4.78, 5) is 30.4. The topological polar surface area (TPSA) is 71.5 Å². The molecule has 1 atom stereocenters. The van der Waals surface area contributed by atoms with E-state index in [0.29, 0.717) is 26.0 Å². The fourth-order valence-electron chi connectivity index (χ4n) is 2.89. The molecule has 0 spiro atoms. The lowest BCUT2D eigenvalue weighted by Gasteiger charge is -2.22. The van der Waals surface area contributed by atoms with Crippen LogP contribution in [0.1, 0.15) is 44.6 Å². The van der Waals surface area contributed by atoms with Crippen molar-refractivity contribution >= 4 is 11.9 Å². The second-order valence-electron chi connectivity index (χ2n) is 6.10. The molecule has 0 aromatic carbocycles. The molecule has 6 heteroatoms. The van der Waals surface area contributed by atoms with E-state index in [4.69, 9.17) is 4.74 Å². The zero-order valence-corrected chi connectivity index (χ0v) is 14.4. The number of carbonyl (C=O) groups is 2. The van der Waals surface area contributed by atoms with E-state index in [1.54, 1.807) is 19.3 Å². The van der Waals surface area contributed by atoms with Gasteiger partial charge in [-0.3, -0.25) is 14.7 Å². The van der Waals surface area contributed by atoms with Gasteiger partial charge in [-0.2, -0.15) is 0 Å². The largest absolute Gasteiger partial charge is 0.464 e. The maximum atomic E-state index is 12.2. The number of hydrogen-bond acceptors (Lipinski definition) is 5. The SMILES string of the molecule is CCOC(=O)C1CCCCCN(Cc2ccncc2)CCC(=O)N1. The molecule has 1 aromatic heterocycles. The van der Waals surface area contributed by atoms with Gasteiger partial charge in [0.1, 0.15) is 6.04 Å². The summed E-state index contributed by atoms with van der Waals surface area (Å²) in [6, 6.07) is 3.49. The molecule has 132 valence electrons. The predicted octanol–water partition coefficient (Wildman–Crippen LogP) is 1.90. The van der Waals surface area contributed by atoms with Gasteiger partial charge in [-0.25, -0.2) is 4.79 Å². The molecule has 1 aliphatic heterocycles. The fourth-order valence-corrected chi connectivity index (χ4v) is 2.89. The summed E-state index contributed by atoms with van der Waals surface area (Å²) in [6.45, 7) is 4.58. The van der Waals surface area contributed by atoms with E-state index in [1.807, 2.05) is 12.1 Å².